The third kappa shape index (κ3) is 2.43. The van der Waals surface area contributed by atoms with E-state index in [1.807, 2.05) is 6.92 Å². The second-order valence-electron chi connectivity index (χ2n) is 4.50. The lowest BCUT2D eigenvalue weighted by Crippen LogP contribution is -2.48. The van der Waals surface area contributed by atoms with Crippen molar-refractivity contribution in [3.8, 4) is 0 Å². The molecule has 0 spiro atoms. The van der Waals surface area contributed by atoms with E-state index >= 15 is 0 Å². The summed E-state index contributed by atoms with van der Waals surface area (Å²) in [6.07, 6.45) is 3.44. The zero-order chi connectivity index (χ0) is 13.2. The summed E-state index contributed by atoms with van der Waals surface area (Å²) in [6.45, 7) is 4.06. The molecule has 0 bridgehead atoms. The molecule has 1 fully saturated rings. The zero-order valence-electron chi connectivity index (χ0n) is 10.8. The lowest BCUT2D eigenvalue weighted by molar-refractivity contribution is 0.273. The van der Waals surface area contributed by atoms with Gasteiger partial charge in [-0.3, -0.25) is 4.68 Å². The summed E-state index contributed by atoms with van der Waals surface area (Å²) in [5.74, 6) is 0. The van der Waals surface area contributed by atoms with Crippen LogP contribution in [0.4, 0.5) is 0 Å². The minimum Gasteiger partial charge on any atom is -0.315 e. The van der Waals surface area contributed by atoms with Crippen molar-refractivity contribution in [2.24, 2.45) is 7.05 Å². The molecule has 102 valence electrons. The molecule has 1 aromatic rings. The molecule has 1 unspecified atom stereocenters. The van der Waals surface area contributed by atoms with Crippen LogP contribution in [-0.4, -0.2) is 48.2 Å². The molecule has 2 rings (SSSR count). The van der Waals surface area contributed by atoms with E-state index in [1.54, 1.807) is 17.4 Å². The van der Waals surface area contributed by atoms with Crippen LogP contribution in [0.3, 0.4) is 0 Å². The minimum absolute atomic E-state index is 0.0450. The number of aryl methyl sites for hydroxylation is 1. The third-order valence-corrected chi connectivity index (χ3v) is 5.44. The summed E-state index contributed by atoms with van der Waals surface area (Å²) in [5, 5.41) is 7.45. The van der Waals surface area contributed by atoms with Gasteiger partial charge in [0.25, 0.3) is 10.0 Å². The topological polar surface area (TPSA) is 67.2 Å². The lowest BCUT2D eigenvalue weighted by Gasteiger charge is -2.32. The standard InChI is InChI=1S/C11H20N4O2S/c1-3-15(10-5-4-7-12-9-10)18(16,17)11-6-8-13-14(11)2/h6,8,10,12H,3-5,7,9H2,1-2H3. The normalized spacial score (nSPS) is 21.4. The highest BCUT2D eigenvalue weighted by Crippen LogP contribution is 2.20. The number of nitrogens with zero attached hydrogens (tertiary/aromatic N) is 3. The van der Waals surface area contributed by atoms with Crippen molar-refractivity contribution in [2.75, 3.05) is 19.6 Å². The summed E-state index contributed by atoms with van der Waals surface area (Å²) in [5.41, 5.74) is 0. The Labute approximate surface area is 108 Å². The summed E-state index contributed by atoms with van der Waals surface area (Å²) in [6, 6.07) is 1.59. The van der Waals surface area contributed by atoms with E-state index in [0.717, 1.165) is 25.9 Å². The Kier molecular flexibility index (Phi) is 4.04. The van der Waals surface area contributed by atoms with Gasteiger partial charge in [-0.25, -0.2) is 8.42 Å². The molecular formula is C11H20N4O2S. The number of piperidine rings is 1. The number of aromatic nitrogens is 2. The van der Waals surface area contributed by atoms with Crippen molar-refractivity contribution in [1.29, 1.82) is 0 Å². The Morgan fingerprint density at radius 1 is 1.61 bits per heavy atom. The molecule has 2 heterocycles. The van der Waals surface area contributed by atoms with Gasteiger partial charge in [0.1, 0.15) is 0 Å². The predicted octanol–water partition coefficient (Wildman–Crippen LogP) is 0.183. The first-order chi connectivity index (χ1) is 8.57. The summed E-state index contributed by atoms with van der Waals surface area (Å²) >= 11 is 0. The second kappa shape index (κ2) is 5.38. The molecule has 1 aliphatic rings. The smallest absolute Gasteiger partial charge is 0.260 e. The first-order valence-corrected chi connectivity index (χ1v) is 7.72. The van der Waals surface area contributed by atoms with Crippen LogP contribution in [0.15, 0.2) is 17.3 Å². The number of sulfonamides is 1. The molecule has 1 aromatic heterocycles. The van der Waals surface area contributed by atoms with Crippen molar-refractivity contribution >= 4 is 10.0 Å². The van der Waals surface area contributed by atoms with Crippen molar-refractivity contribution in [3.05, 3.63) is 12.3 Å². The van der Waals surface area contributed by atoms with Gasteiger partial charge in [0, 0.05) is 26.2 Å². The van der Waals surface area contributed by atoms with E-state index in [9.17, 15) is 8.42 Å². The van der Waals surface area contributed by atoms with Crippen LogP contribution in [0.5, 0.6) is 0 Å². The van der Waals surface area contributed by atoms with Crippen LogP contribution in [-0.2, 0) is 17.1 Å². The average Bonchev–Trinajstić information content (AvgIpc) is 2.78. The highest BCUT2D eigenvalue weighted by molar-refractivity contribution is 7.89. The predicted molar refractivity (Wildman–Crippen MR) is 68.7 cm³/mol. The Bertz CT molecular complexity index is 491. The van der Waals surface area contributed by atoms with Crippen LogP contribution in [0, 0.1) is 0 Å². The van der Waals surface area contributed by atoms with Crippen LogP contribution in [0.25, 0.3) is 0 Å². The number of likely N-dealkylation sites (N-methyl/N-ethyl adjacent to an activating group) is 1. The molecule has 18 heavy (non-hydrogen) atoms. The molecule has 0 aromatic carbocycles. The van der Waals surface area contributed by atoms with Crippen molar-refractivity contribution in [1.82, 2.24) is 19.4 Å². The Morgan fingerprint density at radius 3 is 2.89 bits per heavy atom. The van der Waals surface area contributed by atoms with E-state index < -0.39 is 10.0 Å². The first kappa shape index (κ1) is 13.5. The molecular weight excluding hydrogens is 252 g/mol. The molecule has 1 N–H and O–H groups in total. The largest absolute Gasteiger partial charge is 0.315 e. The Morgan fingerprint density at radius 2 is 2.39 bits per heavy atom. The van der Waals surface area contributed by atoms with Gasteiger partial charge in [-0.1, -0.05) is 6.92 Å². The van der Waals surface area contributed by atoms with E-state index in [4.69, 9.17) is 0 Å². The van der Waals surface area contributed by atoms with E-state index in [0.29, 0.717) is 6.54 Å². The molecule has 1 saturated heterocycles. The quantitative estimate of drug-likeness (QED) is 0.849. The van der Waals surface area contributed by atoms with Crippen molar-refractivity contribution in [2.45, 2.75) is 30.8 Å². The van der Waals surface area contributed by atoms with Crippen molar-refractivity contribution < 1.29 is 8.42 Å². The van der Waals surface area contributed by atoms with Gasteiger partial charge in [0.05, 0.1) is 6.20 Å². The van der Waals surface area contributed by atoms with Gasteiger partial charge in [-0.2, -0.15) is 9.40 Å². The highest BCUT2D eigenvalue weighted by atomic mass is 32.2. The molecule has 0 radical (unpaired) electrons. The van der Waals surface area contributed by atoms with E-state index in [1.165, 1.54) is 10.9 Å². The lowest BCUT2D eigenvalue weighted by atomic mass is 10.1. The Hall–Kier alpha value is -0.920. The molecule has 0 saturated carbocycles. The van der Waals surface area contributed by atoms with Gasteiger partial charge < -0.3 is 5.32 Å². The molecule has 0 aliphatic carbocycles. The van der Waals surface area contributed by atoms with Gasteiger partial charge >= 0.3 is 0 Å². The number of hydrogen-bond acceptors (Lipinski definition) is 4. The fraction of sp³-hybridized carbons (Fsp3) is 0.727. The number of nitrogens with one attached hydrogen (secondary N) is 1. The molecule has 1 atom stereocenters. The maximum Gasteiger partial charge on any atom is 0.260 e. The first-order valence-electron chi connectivity index (χ1n) is 6.28. The summed E-state index contributed by atoms with van der Waals surface area (Å²) < 4.78 is 28.2. The minimum atomic E-state index is -3.44. The van der Waals surface area contributed by atoms with Crippen LogP contribution in [0.2, 0.25) is 0 Å². The third-order valence-electron chi connectivity index (χ3n) is 3.34. The fourth-order valence-corrected chi connectivity index (χ4v) is 4.21. The number of rotatable bonds is 4. The van der Waals surface area contributed by atoms with Crippen molar-refractivity contribution in [3.63, 3.8) is 0 Å². The van der Waals surface area contributed by atoms with Gasteiger partial charge in [0.2, 0.25) is 0 Å². The van der Waals surface area contributed by atoms with Crippen LogP contribution < -0.4 is 5.32 Å². The van der Waals surface area contributed by atoms with Gasteiger partial charge in [0.15, 0.2) is 5.03 Å². The Balaban J connectivity index is 2.29. The van der Waals surface area contributed by atoms with Crippen LogP contribution in [0.1, 0.15) is 19.8 Å². The molecule has 6 nitrogen and oxygen atoms in total. The molecule has 1 aliphatic heterocycles. The number of hydrogen-bond donors (Lipinski definition) is 1. The highest BCUT2D eigenvalue weighted by Gasteiger charge is 2.32. The SMILES string of the molecule is CCN(C1CCCNC1)S(=O)(=O)c1ccnn1C. The maximum atomic E-state index is 12.6. The second-order valence-corrected chi connectivity index (χ2v) is 6.34. The van der Waals surface area contributed by atoms with E-state index in [-0.39, 0.29) is 11.1 Å². The maximum absolute atomic E-state index is 12.6. The summed E-state index contributed by atoms with van der Waals surface area (Å²) in [7, 11) is -1.79. The molecule has 0 amide bonds. The monoisotopic (exact) mass is 272 g/mol. The van der Waals surface area contributed by atoms with Gasteiger partial charge in [-0.15, -0.1) is 0 Å². The zero-order valence-corrected chi connectivity index (χ0v) is 11.7. The van der Waals surface area contributed by atoms with Gasteiger partial charge in [-0.05, 0) is 25.5 Å². The molecule has 7 heteroatoms. The summed E-state index contributed by atoms with van der Waals surface area (Å²) in [4.78, 5) is 0. The fourth-order valence-electron chi connectivity index (χ4n) is 2.44. The van der Waals surface area contributed by atoms with Crippen LogP contribution >= 0.6 is 0 Å². The average molecular weight is 272 g/mol. The van der Waals surface area contributed by atoms with E-state index in [2.05, 4.69) is 10.4 Å².